The third-order valence-electron chi connectivity index (χ3n) is 4.00. The number of fused-ring (bicyclic) bond motifs is 1. The molecule has 27 heavy (non-hydrogen) atoms. The quantitative estimate of drug-likeness (QED) is 0.666. The van der Waals surface area contributed by atoms with Crippen LogP contribution in [0.4, 0.5) is 13.2 Å². The van der Waals surface area contributed by atoms with Crippen molar-refractivity contribution >= 4 is 21.0 Å². The highest BCUT2D eigenvalue weighted by Gasteiger charge is 2.30. The van der Waals surface area contributed by atoms with Crippen LogP contribution in [-0.2, 0) is 28.4 Å². The minimum absolute atomic E-state index is 0.284. The van der Waals surface area contributed by atoms with Crippen LogP contribution in [0.15, 0.2) is 59.0 Å². The van der Waals surface area contributed by atoms with E-state index in [0.717, 1.165) is 23.1 Å². The minimum Gasteiger partial charge on any atom is -0.461 e. The molecule has 2 aromatic carbocycles. The van der Waals surface area contributed by atoms with E-state index in [1.165, 1.54) is 12.1 Å². The smallest absolute Gasteiger partial charge is 0.416 e. The Hall–Kier alpha value is -2.32. The number of furan rings is 1. The van der Waals surface area contributed by atoms with Gasteiger partial charge in [-0.25, -0.2) is 13.1 Å². The maximum atomic E-state index is 12.6. The van der Waals surface area contributed by atoms with Crippen molar-refractivity contribution in [2.24, 2.45) is 0 Å². The molecule has 3 rings (SSSR count). The number of benzene rings is 2. The van der Waals surface area contributed by atoms with Crippen molar-refractivity contribution in [3.63, 3.8) is 0 Å². The molecule has 0 bridgehead atoms. The fourth-order valence-electron chi connectivity index (χ4n) is 2.84. The molecule has 0 saturated heterocycles. The summed E-state index contributed by atoms with van der Waals surface area (Å²) in [7, 11) is -3.71. The van der Waals surface area contributed by atoms with E-state index in [-0.39, 0.29) is 5.56 Å². The molecule has 0 fully saturated rings. The maximum absolute atomic E-state index is 12.6. The standard InChI is InChI=1S/C19H18F3NO3S/c1-13(10-17-11-15-4-2-3-5-18(15)26-17)23-27(24,25)12-14-6-8-16(9-7-14)19(20,21)22/h2-9,11,13,23H,10,12H2,1H3. The molecule has 8 heteroatoms. The monoisotopic (exact) mass is 397 g/mol. The number of hydrogen-bond donors (Lipinski definition) is 1. The van der Waals surface area contributed by atoms with E-state index in [1.807, 2.05) is 30.3 Å². The SMILES string of the molecule is CC(Cc1cc2ccccc2o1)NS(=O)(=O)Cc1ccc(C(F)(F)F)cc1. The molecule has 1 N–H and O–H groups in total. The molecule has 0 aliphatic rings. The maximum Gasteiger partial charge on any atom is 0.416 e. The van der Waals surface area contributed by atoms with E-state index in [2.05, 4.69) is 4.72 Å². The zero-order chi connectivity index (χ0) is 19.7. The fraction of sp³-hybridized carbons (Fsp3) is 0.263. The van der Waals surface area contributed by atoms with Gasteiger partial charge in [0.2, 0.25) is 10.0 Å². The van der Waals surface area contributed by atoms with Gasteiger partial charge in [-0.3, -0.25) is 0 Å². The molecule has 0 aliphatic heterocycles. The molecule has 0 aliphatic carbocycles. The van der Waals surface area contributed by atoms with Gasteiger partial charge in [0, 0.05) is 17.8 Å². The van der Waals surface area contributed by atoms with Gasteiger partial charge in [0.05, 0.1) is 11.3 Å². The first-order valence-electron chi connectivity index (χ1n) is 8.26. The van der Waals surface area contributed by atoms with E-state index in [4.69, 9.17) is 4.42 Å². The number of nitrogens with one attached hydrogen (secondary N) is 1. The largest absolute Gasteiger partial charge is 0.461 e. The van der Waals surface area contributed by atoms with Gasteiger partial charge in [-0.1, -0.05) is 30.3 Å². The molecule has 1 aromatic heterocycles. The summed E-state index contributed by atoms with van der Waals surface area (Å²) in [6.45, 7) is 1.71. The Labute approximate surface area is 155 Å². The Kier molecular flexibility index (Phi) is 5.30. The van der Waals surface area contributed by atoms with E-state index >= 15 is 0 Å². The molecular weight excluding hydrogens is 379 g/mol. The lowest BCUT2D eigenvalue weighted by molar-refractivity contribution is -0.137. The van der Waals surface area contributed by atoms with E-state index in [9.17, 15) is 21.6 Å². The zero-order valence-corrected chi connectivity index (χ0v) is 15.3. The van der Waals surface area contributed by atoms with Gasteiger partial charge in [-0.2, -0.15) is 13.2 Å². The van der Waals surface area contributed by atoms with Gasteiger partial charge in [-0.15, -0.1) is 0 Å². The number of rotatable bonds is 6. The lowest BCUT2D eigenvalue weighted by atomic mass is 10.1. The number of alkyl halides is 3. The van der Waals surface area contributed by atoms with Gasteiger partial charge in [0.25, 0.3) is 0 Å². The Morgan fingerprint density at radius 3 is 2.37 bits per heavy atom. The van der Waals surface area contributed by atoms with Crippen LogP contribution in [0.1, 0.15) is 23.8 Å². The van der Waals surface area contributed by atoms with Crippen LogP contribution in [-0.4, -0.2) is 14.5 Å². The topological polar surface area (TPSA) is 59.3 Å². The molecule has 1 heterocycles. The fourth-order valence-corrected chi connectivity index (χ4v) is 4.25. The van der Waals surface area contributed by atoms with E-state index in [0.29, 0.717) is 12.2 Å². The Morgan fingerprint density at radius 1 is 1.07 bits per heavy atom. The van der Waals surface area contributed by atoms with Crippen LogP contribution in [0.2, 0.25) is 0 Å². The van der Waals surface area contributed by atoms with Crippen molar-refractivity contribution in [3.8, 4) is 0 Å². The second kappa shape index (κ2) is 7.36. The normalized spacial score (nSPS) is 13.8. The van der Waals surface area contributed by atoms with Gasteiger partial charge < -0.3 is 4.42 Å². The molecule has 0 saturated carbocycles. The molecule has 0 radical (unpaired) electrons. The molecular formula is C19H18F3NO3S. The second-order valence-electron chi connectivity index (χ2n) is 6.43. The first-order valence-corrected chi connectivity index (χ1v) is 9.91. The summed E-state index contributed by atoms with van der Waals surface area (Å²) >= 11 is 0. The van der Waals surface area contributed by atoms with Crippen molar-refractivity contribution in [3.05, 3.63) is 71.5 Å². The third kappa shape index (κ3) is 5.11. The number of para-hydroxylation sites is 1. The highest BCUT2D eigenvalue weighted by molar-refractivity contribution is 7.88. The average molecular weight is 397 g/mol. The Balaban J connectivity index is 1.63. The molecule has 0 amide bonds. The molecule has 144 valence electrons. The van der Waals surface area contributed by atoms with Crippen molar-refractivity contribution in [1.82, 2.24) is 4.72 Å². The van der Waals surface area contributed by atoms with Crippen LogP contribution >= 0.6 is 0 Å². The summed E-state index contributed by atoms with van der Waals surface area (Å²) in [5.41, 5.74) is 0.202. The van der Waals surface area contributed by atoms with Crippen molar-refractivity contribution in [2.45, 2.75) is 31.3 Å². The van der Waals surface area contributed by atoms with Gasteiger partial charge in [0.15, 0.2) is 0 Å². The van der Waals surface area contributed by atoms with E-state index < -0.39 is 33.6 Å². The lowest BCUT2D eigenvalue weighted by Crippen LogP contribution is -2.34. The predicted octanol–water partition coefficient (Wildman–Crippen LogP) is 4.50. The second-order valence-corrected chi connectivity index (χ2v) is 8.18. The summed E-state index contributed by atoms with van der Waals surface area (Å²) in [6.07, 6.45) is -4.09. The Morgan fingerprint density at radius 2 is 1.74 bits per heavy atom. The number of sulfonamides is 1. The molecule has 1 unspecified atom stereocenters. The average Bonchev–Trinajstić information content (AvgIpc) is 2.95. The summed E-state index contributed by atoms with van der Waals surface area (Å²) < 4.78 is 70.5. The summed E-state index contributed by atoms with van der Waals surface area (Å²) in [5.74, 6) is 0.260. The van der Waals surface area contributed by atoms with Crippen LogP contribution in [0.25, 0.3) is 11.0 Å². The van der Waals surface area contributed by atoms with Crippen molar-refractivity contribution in [1.29, 1.82) is 0 Å². The van der Waals surface area contributed by atoms with Crippen LogP contribution in [0, 0.1) is 0 Å². The molecule has 4 nitrogen and oxygen atoms in total. The highest BCUT2D eigenvalue weighted by atomic mass is 32.2. The van der Waals surface area contributed by atoms with Crippen LogP contribution in [0.3, 0.4) is 0 Å². The van der Waals surface area contributed by atoms with E-state index in [1.54, 1.807) is 6.92 Å². The summed E-state index contributed by atoms with van der Waals surface area (Å²) in [4.78, 5) is 0. The first kappa shape index (κ1) is 19.4. The number of halogens is 3. The Bertz CT molecular complexity index is 991. The third-order valence-corrected chi connectivity index (χ3v) is 5.48. The van der Waals surface area contributed by atoms with Crippen LogP contribution < -0.4 is 4.72 Å². The minimum atomic E-state index is -4.45. The van der Waals surface area contributed by atoms with Gasteiger partial charge >= 0.3 is 6.18 Å². The van der Waals surface area contributed by atoms with Crippen LogP contribution in [0.5, 0.6) is 0 Å². The number of hydrogen-bond acceptors (Lipinski definition) is 3. The van der Waals surface area contributed by atoms with Crippen molar-refractivity contribution in [2.75, 3.05) is 0 Å². The predicted molar refractivity (Wildman–Crippen MR) is 96.6 cm³/mol. The summed E-state index contributed by atoms with van der Waals surface area (Å²) in [6, 6.07) is 13.0. The molecule has 1 atom stereocenters. The zero-order valence-electron chi connectivity index (χ0n) is 14.5. The first-order chi connectivity index (χ1) is 12.6. The van der Waals surface area contributed by atoms with Gasteiger partial charge in [-0.05, 0) is 36.8 Å². The molecule has 3 aromatic rings. The highest BCUT2D eigenvalue weighted by Crippen LogP contribution is 2.29. The molecule has 0 spiro atoms. The van der Waals surface area contributed by atoms with Gasteiger partial charge in [0.1, 0.15) is 11.3 Å². The summed E-state index contributed by atoms with van der Waals surface area (Å²) in [5, 5.41) is 0.937. The lowest BCUT2D eigenvalue weighted by Gasteiger charge is -2.13. The van der Waals surface area contributed by atoms with Crippen molar-refractivity contribution < 1.29 is 26.0 Å².